The quantitative estimate of drug-likeness (QED) is 0.782. The lowest BCUT2D eigenvalue weighted by Gasteiger charge is -2.09. The molecule has 0 amide bonds. The second kappa shape index (κ2) is 4.97. The average Bonchev–Trinajstić information content (AvgIpc) is 2.75. The molecule has 1 aromatic carbocycles. The van der Waals surface area contributed by atoms with Crippen molar-refractivity contribution in [3.8, 4) is 17.0 Å². The number of nitrogens with two attached hydrogens (primary N) is 1. The Morgan fingerprint density at radius 2 is 2.00 bits per heavy atom. The van der Waals surface area contributed by atoms with Crippen LogP contribution in [0.3, 0.4) is 0 Å². The highest BCUT2D eigenvalue weighted by Gasteiger charge is 2.19. The number of hydrogen-bond donors (Lipinski definition) is 1. The number of fused-ring (bicyclic) bond motifs is 1. The van der Waals surface area contributed by atoms with Gasteiger partial charge in [-0.25, -0.2) is 4.98 Å². The van der Waals surface area contributed by atoms with Gasteiger partial charge in [-0.15, -0.1) is 0 Å². The molecule has 0 saturated carbocycles. The standard InChI is InChI=1S/C16H16ClN3O/c1-9-7-10(2)20-13(8-9)19-15(16(20)18)14-11(17)5-4-6-12(14)21-3/h4-8H,18H2,1-3H3. The van der Waals surface area contributed by atoms with Gasteiger partial charge in [0.25, 0.3) is 0 Å². The fourth-order valence-corrected chi connectivity index (χ4v) is 2.90. The van der Waals surface area contributed by atoms with E-state index in [1.807, 2.05) is 36.4 Å². The summed E-state index contributed by atoms with van der Waals surface area (Å²) >= 11 is 6.33. The summed E-state index contributed by atoms with van der Waals surface area (Å²) in [7, 11) is 1.61. The predicted octanol–water partition coefficient (Wildman–Crippen LogP) is 3.86. The molecule has 4 nitrogen and oxygen atoms in total. The first-order valence-electron chi connectivity index (χ1n) is 6.61. The molecule has 2 N–H and O–H groups in total. The van der Waals surface area contributed by atoms with Gasteiger partial charge in [-0.1, -0.05) is 17.7 Å². The summed E-state index contributed by atoms with van der Waals surface area (Å²) < 4.78 is 7.32. The zero-order valence-electron chi connectivity index (χ0n) is 12.1. The number of halogens is 1. The monoisotopic (exact) mass is 301 g/mol. The van der Waals surface area contributed by atoms with E-state index in [1.165, 1.54) is 0 Å². The largest absolute Gasteiger partial charge is 0.496 e. The number of rotatable bonds is 2. The van der Waals surface area contributed by atoms with Crippen LogP contribution in [0.25, 0.3) is 16.9 Å². The Balaban J connectivity index is 2.37. The van der Waals surface area contributed by atoms with E-state index in [0.29, 0.717) is 22.3 Å². The number of anilines is 1. The number of aromatic nitrogens is 2. The second-order valence-corrected chi connectivity index (χ2v) is 5.44. The lowest BCUT2D eigenvalue weighted by atomic mass is 10.1. The van der Waals surface area contributed by atoms with E-state index >= 15 is 0 Å². The molecular weight excluding hydrogens is 286 g/mol. The molecule has 0 atom stereocenters. The predicted molar refractivity (Wildman–Crippen MR) is 86.1 cm³/mol. The molecule has 0 saturated heterocycles. The number of aryl methyl sites for hydroxylation is 2. The molecule has 0 spiro atoms. The topological polar surface area (TPSA) is 52.5 Å². The van der Waals surface area contributed by atoms with E-state index in [0.717, 1.165) is 22.5 Å². The Kier molecular flexibility index (Phi) is 3.26. The lowest BCUT2D eigenvalue weighted by molar-refractivity contribution is 0.416. The molecule has 0 aliphatic heterocycles. The van der Waals surface area contributed by atoms with E-state index in [4.69, 9.17) is 22.1 Å². The third-order valence-corrected chi connectivity index (χ3v) is 3.83. The summed E-state index contributed by atoms with van der Waals surface area (Å²) in [5.41, 5.74) is 10.7. The average molecular weight is 302 g/mol. The van der Waals surface area contributed by atoms with Crippen LogP contribution in [-0.4, -0.2) is 16.5 Å². The van der Waals surface area contributed by atoms with Crippen molar-refractivity contribution in [3.05, 3.63) is 46.6 Å². The maximum absolute atomic E-state index is 6.33. The number of methoxy groups -OCH3 is 1. The molecule has 0 unspecified atom stereocenters. The molecule has 0 bridgehead atoms. The van der Waals surface area contributed by atoms with Crippen LogP contribution in [0, 0.1) is 13.8 Å². The SMILES string of the molecule is COc1cccc(Cl)c1-c1nc2cc(C)cc(C)n2c1N. The second-order valence-electron chi connectivity index (χ2n) is 5.03. The highest BCUT2D eigenvalue weighted by atomic mass is 35.5. The van der Waals surface area contributed by atoms with E-state index in [1.54, 1.807) is 13.2 Å². The number of imidazole rings is 1. The number of hydrogen-bond acceptors (Lipinski definition) is 3. The Bertz CT molecular complexity index is 839. The van der Waals surface area contributed by atoms with Crippen LogP contribution in [0.4, 0.5) is 5.82 Å². The van der Waals surface area contributed by atoms with Crippen LogP contribution >= 0.6 is 11.6 Å². The van der Waals surface area contributed by atoms with Gasteiger partial charge < -0.3 is 10.5 Å². The summed E-state index contributed by atoms with van der Waals surface area (Å²) in [5.74, 6) is 1.22. The minimum absolute atomic E-state index is 0.564. The molecule has 21 heavy (non-hydrogen) atoms. The molecule has 0 aliphatic rings. The van der Waals surface area contributed by atoms with Gasteiger partial charge in [-0.2, -0.15) is 0 Å². The Morgan fingerprint density at radius 3 is 2.71 bits per heavy atom. The van der Waals surface area contributed by atoms with Crippen molar-refractivity contribution in [1.29, 1.82) is 0 Å². The molecular formula is C16H16ClN3O. The minimum Gasteiger partial charge on any atom is -0.496 e. The first kappa shape index (κ1) is 13.8. The first-order chi connectivity index (χ1) is 10.0. The van der Waals surface area contributed by atoms with Crippen molar-refractivity contribution >= 4 is 23.1 Å². The Morgan fingerprint density at radius 1 is 1.24 bits per heavy atom. The fraction of sp³-hybridized carbons (Fsp3) is 0.188. The summed E-state index contributed by atoms with van der Waals surface area (Å²) in [5, 5.41) is 0.568. The van der Waals surface area contributed by atoms with Gasteiger partial charge in [0, 0.05) is 5.69 Å². The van der Waals surface area contributed by atoms with Gasteiger partial charge in [0.15, 0.2) is 0 Å². The van der Waals surface area contributed by atoms with Gasteiger partial charge in [0.05, 0.1) is 17.7 Å². The summed E-state index contributed by atoms with van der Waals surface area (Å²) in [4.78, 5) is 4.65. The summed E-state index contributed by atoms with van der Waals surface area (Å²) in [6, 6.07) is 9.56. The highest BCUT2D eigenvalue weighted by molar-refractivity contribution is 6.33. The molecule has 0 aliphatic carbocycles. The maximum Gasteiger partial charge on any atom is 0.139 e. The molecule has 0 fully saturated rings. The zero-order chi connectivity index (χ0) is 15.1. The third kappa shape index (κ3) is 2.12. The molecule has 3 rings (SSSR count). The van der Waals surface area contributed by atoms with Crippen LogP contribution in [0.15, 0.2) is 30.3 Å². The maximum atomic E-state index is 6.33. The van der Waals surface area contributed by atoms with Crippen molar-refractivity contribution < 1.29 is 4.74 Å². The number of pyridine rings is 1. The van der Waals surface area contributed by atoms with Gasteiger partial charge in [0.1, 0.15) is 22.9 Å². The minimum atomic E-state index is 0.564. The van der Waals surface area contributed by atoms with Crippen molar-refractivity contribution in [1.82, 2.24) is 9.38 Å². The van der Waals surface area contributed by atoms with Crippen LogP contribution in [0.2, 0.25) is 5.02 Å². The molecule has 108 valence electrons. The van der Waals surface area contributed by atoms with Crippen molar-refractivity contribution in [2.45, 2.75) is 13.8 Å². The van der Waals surface area contributed by atoms with Gasteiger partial charge in [-0.3, -0.25) is 4.40 Å². The number of benzene rings is 1. The van der Waals surface area contributed by atoms with Crippen LogP contribution in [0.1, 0.15) is 11.3 Å². The highest BCUT2D eigenvalue weighted by Crippen LogP contribution is 2.39. The van der Waals surface area contributed by atoms with Crippen molar-refractivity contribution in [2.24, 2.45) is 0 Å². The van der Waals surface area contributed by atoms with Gasteiger partial charge >= 0.3 is 0 Å². The molecule has 0 radical (unpaired) electrons. The normalized spacial score (nSPS) is 11.0. The van der Waals surface area contributed by atoms with Crippen molar-refractivity contribution in [2.75, 3.05) is 12.8 Å². The van der Waals surface area contributed by atoms with E-state index < -0.39 is 0 Å². The Hall–Kier alpha value is -2.20. The van der Waals surface area contributed by atoms with Crippen LogP contribution in [0.5, 0.6) is 5.75 Å². The van der Waals surface area contributed by atoms with Crippen LogP contribution < -0.4 is 10.5 Å². The van der Waals surface area contributed by atoms with Crippen molar-refractivity contribution in [3.63, 3.8) is 0 Å². The molecule has 2 heterocycles. The zero-order valence-corrected chi connectivity index (χ0v) is 12.9. The smallest absolute Gasteiger partial charge is 0.139 e. The fourth-order valence-electron chi connectivity index (χ4n) is 2.65. The lowest BCUT2D eigenvalue weighted by Crippen LogP contribution is -1.99. The molecule has 3 aromatic rings. The molecule has 2 aromatic heterocycles. The van der Waals surface area contributed by atoms with Crippen LogP contribution in [-0.2, 0) is 0 Å². The summed E-state index contributed by atoms with van der Waals surface area (Å²) in [6.07, 6.45) is 0. The van der Waals surface area contributed by atoms with E-state index in [-0.39, 0.29) is 0 Å². The number of nitrogens with zero attached hydrogens (tertiary/aromatic N) is 2. The van der Waals surface area contributed by atoms with Gasteiger partial charge in [0.2, 0.25) is 0 Å². The number of nitrogen functional groups attached to an aromatic ring is 1. The van der Waals surface area contributed by atoms with E-state index in [9.17, 15) is 0 Å². The Labute approximate surface area is 128 Å². The van der Waals surface area contributed by atoms with E-state index in [2.05, 4.69) is 11.1 Å². The molecule has 5 heteroatoms. The third-order valence-electron chi connectivity index (χ3n) is 3.52. The summed E-state index contributed by atoms with van der Waals surface area (Å²) in [6.45, 7) is 4.04. The number of ether oxygens (including phenoxy) is 1. The van der Waals surface area contributed by atoms with Gasteiger partial charge in [-0.05, 0) is 43.7 Å². The first-order valence-corrected chi connectivity index (χ1v) is 6.98.